The van der Waals surface area contributed by atoms with E-state index in [9.17, 15) is 0 Å². The van der Waals surface area contributed by atoms with Gasteiger partial charge in [-0.05, 0) is 75.2 Å². The van der Waals surface area contributed by atoms with Gasteiger partial charge in [-0.25, -0.2) is 0 Å². The maximum atomic E-state index is 6.39. The highest BCUT2D eigenvalue weighted by atomic mass is 35.5. The van der Waals surface area contributed by atoms with E-state index in [0.717, 1.165) is 46.5 Å². The van der Waals surface area contributed by atoms with Crippen molar-refractivity contribution in [3.63, 3.8) is 0 Å². The first-order valence-electron chi connectivity index (χ1n) is 9.93. The van der Waals surface area contributed by atoms with Gasteiger partial charge in [-0.2, -0.15) is 0 Å². The number of thiocarbonyl (C=S) groups is 1. The summed E-state index contributed by atoms with van der Waals surface area (Å²) in [6, 6.07) is 15.7. The van der Waals surface area contributed by atoms with Crippen LogP contribution in [0.2, 0.25) is 5.02 Å². The van der Waals surface area contributed by atoms with Crippen molar-refractivity contribution < 1.29 is 4.42 Å². The molecule has 0 spiro atoms. The van der Waals surface area contributed by atoms with Gasteiger partial charge in [0.2, 0.25) is 0 Å². The van der Waals surface area contributed by atoms with Crippen molar-refractivity contribution in [3.05, 3.63) is 76.8 Å². The van der Waals surface area contributed by atoms with Gasteiger partial charge in [0, 0.05) is 29.9 Å². The Morgan fingerprint density at radius 1 is 1.20 bits per heavy atom. The lowest BCUT2D eigenvalue weighted by Gasteiger charge is -2.27. The van der Waals surface area contributed by atoms with Crippen molar-refractivity contribution in [3.8, 4) is 11.3 Å². The van der Waals surface area contributed by atoms with Crippen LogP contribution in [-0.2, 0) is 0 Å². The Morgan fingerprint density at radius 3 is 2.77 bits per heavy atom. The molecule has 4 rings (SSSR count). The van der Waals surface area contributed by atoms with E-state index in [1.165, 1.54) is 0 Å². The van der Waals surface area contributed by atoms with Crippen LogP contribution in [0.5, 0.6) is 0 Å². The van der Waals surface area contributed by atoms with E-state index in [4.69, 9.17) is 28.2 Å². The molecule has 5 nitrogen and oxygen atoms in total. The minimum Gasteiger partial charge on any atom is -0.459 e. The third-order valence-electron chi connectivity index (χ3n) is 5.37. The molecule has 0 bridgehead atoms. The molecule has 1 aliphatic heterocycles. The summed E-state index contributed by atoms with van der Waals surface area (Å²) in [5.74, 6) is 1.65. The molecule has 2 aromatic heterocycles. The molecular weight excluding hydrogens is 416 g/mol. The molecule has 1 saturated heterocycles. The molecule has 3 aromatic rings. The fraction of sp³-hybridized carbons (Fsp3) is 0.304. The molecule has 0 aliphatic carbocycles. The second-order valence-corrected chi connectivity index (χ2v) is 8.61. The van der Waals surface area contributed by atoms with E-state index < -0.39 is 0 Å². The van der Waals surface area contributed by atoms with Gasteiger partial charge < -0.3 is 19.5 Å². The van der Waals surface area contributed by atoms with E-state index in [-0.39, 0.29) is 12.1 Å². The lowest BCUT2D eigenvalue weighted by Crippen LogP contribution is -2.35. The Morgan fingerprint density at radius 2 is 2.03 bits per heavy atom. The topological polar surface area (TPSA) is 44.5 Å². The number of hydrogen-bond donors (Lipinski definition) is 1. The zero-order valence-electron chi connectivity index (χ0n) is 17.3. The molecule has 0 saturated carbocycles. The summed E-state index contributed by atoms with van der Waals surface area (Å²) in [6.07, 6.45) is 1.81. The van der Waals surface area contributed by atoms with Crippen LogP contribution in [0.25, 0.3) is 11.3 Å². The Bertz CT molecular complexity index is 1040. The van der Waals surface area contributed by atoms with Gasteiger partial charge >= 0.3 is 0 Å². The molecule has 156 valence electrons. The number of aromatic nitrogens is 1. The molecule has 1 aliphatic rings. The number of benzene rings is 1. The van der Waals surface area contributed by atoms with Crippen LogP contribution in [0.15, 0.2) is 59.1 Å². The molecule has 30 heavy (non-hydrogen) atoms. The average molecular weight is 441 g/mol. The smallest absolute Gasteiger partial charge is 0.170 e. The van der Waals surface area contributed by atoms with E-state index in [0.29, 0.717) is 5.02 Å². The van der Waals surface area contributed by atoms with Crippen molar-refractivity contribution in [1.82, 2.24) is 20.1 Å². The standard InChI is InChI=1S/C23H25ClN4OS/c1-15-7-8-16(24)14-17(15)19-9-10-20(29-19)22-21(18-6-4-5-11-25-18)26-23(30)28(22)13-12-27(2)3/h4-11,14,21-22H,12-13H2,1-3H3,(H,26,30)/t21-,22+/m0/s1. The Hall–Kier alpha value is -2.41. The predicted octanol–water partition coefficient (Wildman–Crippen LogP) is 4.84. The quantitative estimate of drug-likeness (QED) is 0.553. The summed E-state index contributed by atoms with van der Waals surface area (Å²) in [7, 11) is 4.12. The zero-order chi connectivity index (χ0) is 21.3. The van der Waals surface area contributed by atoms with Gasteiger partial charge in [-0.1, -0.05) is 23.7 Å². The summed E-state index contributed by atoms with van der Waals surface area (Å²) < 4.78 is 6.39. The average Bonchev–Trinajstić information content (AvgIpc) is 3.33. The number of pyridine rings is 1. The molecule has 0 radical (unpaired) electrons. The van der Waals surface area contributed by atoms with Crippen LogP contribution in [-0.4, -0.2) is 47.1 Å². The van der Waals surface area contributed by atoms with E-state index in [2.05, 4.69) is 41.1 Å². The number of rotatable bonds is 6. The predicted molar refractivity (Wildman–Crippen MR) is 125 cm³/mol. The highest BCUT2D eigenvalue weighted by molar-refractivity contribution is 7.80. The lowest BCUT2D eigenvalue weighted by atomic mass is 10.0. The zero-order valence-corrected chi connectivity index (χ0v) is 18.9. The molecule has 1 fully saturated rings. The first-order valence-corrected chi connectivity index (χ1v) is 10.7. The normalized spacial score (nSPS) is 18.8. The number of halogens is 1. The molecule has 1 N–H and O–H groups in total. The minimum atomic E-state index is -0.0830. The van der Waals surface area contributed by atoms with Crippen LogP contribution in [0.4, 0.5) is 0 Å². The van der Waals surface area contributed by atoms with Crippen LogP contribution in [0, 0.1) is 6.92 Å². The van der Waals surface area contributed by atoms with E-state index in [1.54, 1.807) is 0 Å². The lowest BCUT2D eigenvalue weighted by molar-refractivity contribution is 0.250. The number of aryl methyl sites for hydroxylation is 1. The second-order valence-electron chi connectivity index (χ2n) is 7.78. The number of furan rings is 1. The van der Waals surface area contributed by atoms with Crippen molar-refractivity contribution in [2.24, 2.45) is 0 Å². The summed E-state index contributed by atoms with van der Waals surface area (Å²) in [6.45, 7) is 3.73. The molecule has 1 aromatic carbocycles. The molecule has 2 atom stereocenters. The van der Waals surface area contributed by atoms with Crippen LogP contribution in [0.3, 0.4) is 0 Å². The van der Waals surface area contributed by atoms with Gasteiger partial charge in [0.1, 0.15) is 17.6 Å². The third-order valence-corrected chi connectivity index (χ3v) is 5.96. The summed E-state index contributed by atoms with van der Waals surface area (Å²) in [5, 5.41) is 4.87. The molecule has 7 heteroatoms. The van der Waals surface area contributed by atoms with E-state index >= 15 is 0 Å². The van der Waals surface area contributed by atoms with Crippen molar-refractivity contribution in [1.29, 1.82) is 0 Å². The number of nitrogens with one attached hydrogen (secondary N) is 1. The number of nitrogens with zero attached hydrogens (tertiary/aromatic N) is 3. The van der Waals surface area contributed by atoms with Gasteiger partial charge in [0.15, 0.2) is 5.11 Å². The monoisotopic (exact) mass is 440 g/mol. The molecular formula is C23H25ClN4OS. The first kappa shape index (κ1) is 20.8. The Kier molecular flexibility index (Phi) is 6.09. The summed E-state index contributed by atoms with van der Waals surface area (Å²) in [5.41, 5.74) is 3.05. The maximum Gasteiger partial charge on any atom is 0.170 e. The van der Waals surface area contributed by atoms with Crippen LogP contribution >= 0.6 is 23.8 Å². The minimum absolute atomic E-state index is 0.0828. The SMILES string of the molecule is Cc1ccc(Cl)cc1-c1ccc([C@@H]2[C@H](c3ccccn3)NC(=S)N2CCN(C)C)o1. The molecule has 0 amide bonds. The second kappa shape index (κ2) is 8.76. The Labute approximate surface area is 187 Å². The highest BCUT2D eigenvalue weighted by Gasteiger charge is 2.41. The van der Waals surface area contributed by atoms with Crippen molar-refractivity contribution in [2.45, 2.75) is 19.0 Å². The van der Waals surface area contributed by atoms with Gasteiger partial charge in [0.25, 0.3) is 0 Å². The number of likely N-dealkylation sites (N-methyl/N-ethyl adjacent to an activating group) is 1. The van der Waals surface area contributed by atoms with Crippen molar-refractivity contribution >= 4 is 28.9 Å². The van der Waals surface area contributed by atoms with Gasteiger partial charge in [-0.15, -0.1) is 0 Å². The van der Waals surface area contributed by atoms with E-state index in [1.807, 2.05) is 54.7 Å². The van der Waals surface area contributed by atoms with Gasteiger partial charge in [-0.3, -0.25) is 4.98 Å². The largest absolute Gasteiger partial charge is 0.459 e. The summed E-state index contributed by atoms with van der Waals surface area (Å²) in [4.78, 5) is 8.92. The maximum absolute atomic E-state index is 6.39. The fourth-order valence-corrected chi connectivity index (χ4v) is 4.28. The van der Waals surface area contributed by atoms with Crippen LogP contribution in [0.1, 0.15) is 29.1 Å². The summed E-state index contributed by atoms with van der Waals surface area (Å²) >= 11 is 11.9. The molecule has 0 unspecified atom stereocenters. The van der Waals surface area contributed by atoms with Crippen LogP contribution < -0.4 is 5.32 Å². The highest BCUT2D eigenvalue weighted by Crippen LogP contribution is 2.40. The Balaban J connectivity index is 1.72. The third kappa shape index (κ3) is 4.21. The van der Waals surface area contributed by atoms with Crippen molar-refractivity contribution in [2.75, 3.05) is 27.2 Å². The van der Waals surface area contributed by atoms with Gasteiger partial charge in [0.05, 0.1) is 11.7 Å². The fourth-order valence-electron chi connectivity index (χ4n) is 3.78. The molecule has 3 heterocycles. The number of hydrogen-bond acceptors (Lipinski definition) is 4. The first-order chi connectivity index (χ1) is 14.4.